The number of hydrogen-bond acceptors (Lipinski definition) is 4. The number of rotatable bonds is 6. The molecule has 1 aromatic carbocycles. The molecule has 0 spiro atoms. The standard InChI is InChI=1S/C14H17BrN2OS/c1-3-16-7-11-4-5-14(13(15)6-11)18-8-12-9-19-10(2)17-12/h4-6,9,16H,3,7-8H2,1-2H3. The van der Waals surface area contributed by atoms with Crippen LogP contribution in [0.2, 0.25) is 0 Å². The number of ether oxygens (including phenoxy) is 1. The minimum absolute atomic E-state index is 0.509. The Hall–Kier alpha value is -0.910. The van der Waals surface area contributed by atoms with Crippen LogP contribution in [-0.2, 0) is 13.2 Å². The van der Waals surface area contributed by atoms with Crippen molar-refractivity contribution in [3.05, 3.63) is 44.3 Å². The van der Waals surface area contributed by atoms with Crippen molar-refractivity contribution in [2.24, 2.45) is 0 Å². The molecule has 1 aromatic heterocycles. The zero-order valence-corrected chi connectivity index (χ0v) is 13.5. The summed E-state index contributed by atoms with van der Waals surface area (Å²) in [5.41, 5.74) is 2.22. The quantitative estimate of drug-likeness (QED) is 0.865. The van der Waals surface area contributed by atoms with Gasteiger partial charge < -0.3 is 10.1 Å². The first-order chi connectivity index (χ1) is 9.19. The maximum atomic E-state index is 5.77. The second-order valence-electron chi connectivity index (χ2n) is 4.19. The van der Waals surface area contributed by atoms with Crippen molar-refractivity contribution in [1.82, 2.24) is 10.3 Å². The van der Waals surface area contributed by atoms with E-state index in [4.69, 9.17) is 4.74 Å². The highest BCUT2D eigenvalue weighted by atomic mass is 79.9. The Kier molecular flexibility index (Phi) is 5.36. The summed E-state index contributed by atoms with van der Waals surface area (Å²) in [4.78, 5) is 4.38. The van der Waals surface area contributed by atoms with E-state index in [-0.39, 0.29) is 0 Å². The molecule has 0 aliphatic carbocycles. The normalized spacial score (nSPS) is 10.7. The van der Waals surface area contributed by atoms with Gasteiger partial charge in [-0.05, 0) is 47.1 Å². The zero-order chi connectivity index (χ0) is 13.7. The minimum atomic E-state index is 0.509. The van der Waals surface area contributed by atoms with E-state index in [0.29, 0.717) is 6.61 Å². The predicted molar refractivity (Wildman–Crippen MR) is 82.7 cm³/mol. The van der Waals surface area contributed by atoms with Gasteiger partial charge in [-0.2, -0.15) is 0 Å². The number of aromatic nitrogens is 1. The molecule has 19 heavy (non-hydrogen) atoms. The third-order valence-electron chi connectivity index (χ3n) is 2.62. The van der Waals surface area contributed by atoms with E-state index in [1.165, 1.54) is 5.56 Å². The molecule has 0 bridgehead atoms. The van der Waals surface area contributed by atoms with Gasteiger partial charge in [0, 0.05) is 11.9 Å². The second kappa shape index (κ2) is 7.03. The van der Waals surface area contributed by atoms with E-state index < -0.39 is 0 Å². The monoisotopic (exact) mass is 340 g/mol. The molecular weight excluding hydrogens is 324 g/mol. The molecular formula is C14H17BrN2OS. The topological polar surface area (TPSA) is 34.1 Å². The average molecular weight is 341 g/mol. The summed E-state index contributed by atoms with van der Waals surface area (Å²) < 4.78 is 6.75. The summed E-state index contributed by atoms with van der Waals surface area (Å²) in [5.74, 6) is 0.853. The highest BCUT2D eigenvalue weighted by Gasteiger charge is 2.05. The molecule has 0 fully saturated rings. The van der Waals surface area contributed by atoms with E-state index >= 15 is 0 Å². The molecule has 1 heterocycles. The van der Waals surface area contributed by atoms with Crippen LogP contribution in [0.4, 0.5) is 0 Å². The molecule has 2 aromatic rings. The van der Waals surface area contributed by atoms with Crippen LogP contribution >= 0.6 is 27.3 Å². The van der Waals surface area contributed by atoms with Crippen molar-refractivity contribution in [2.45, 2.75) is 27.0 Å². The average Bonchev–Trinajstić information content (AvgIpc) is 2.81. The highest BCUT2D eigenvalue weighted by molar-refractivity contribution is 9.10. The van der Waals surface area contributed by atoms with Crippen molar-refractivity contribution < 1.29 is 4.74 Å². The van der Waals surface area contributed by atoms with Gasteiger partial charge in [0.1, 0.15) is 12.4 Å². The van der Waals surface area contributed by atoms with Crippen LogP contribution in [0.15, 0.2) is 28.1 Å². The third kappa shape index (κ3) is 4.30. The Balaban J connectivity index is 1.96. The maximum Gasteiger partial charge on any atom is 0.134 e. The highest BCUT2D eigenvalue weighted by Crippen LogP contribution is 2.27. The van der Waals surface area contributed by atoms with Crippen molar-refractivity contribution in [3.8, 4) is 5.75 Å². The second-order valence-corrected chi connectivity index (χ2v) is 6.11. The first-order valence-corrected chi connectivity index (χ1v) is 7.89. The Labute approximate surface area is 126 Å². The molecule has 0 unspecified atom stereocenters. The molecule has 0 amide bonds. The van der Waals surface area contributed by atoms with Gasteiger partial charge in [0.2, 0.25) is 0 Å². The van der Waals surface area contributed by atoms with Gasteiger partial charge in [0.25, 0.3) is 0 Å². The van der Waals surface area contributed by atoms with Gasteiger partial charge >= 0.3 is 0 Å². The number of aryl methyl sites for hydroxylation is 1. The SMILES string of the molecule is CCNCc1ccc(OCc2csc(C)n2)c(Br)c1. The molecule has 2 rings (SSSR count). The number of nitrogens with one attached hydrogen (secondary N) is 1. The fourth-order valence-electron chi connectivity index (χ4n) is 1.67. The predicted octanol–water partition coefficient (Wildman–Crippen LogP) is 3.90. The van der Waals surface area contributed by atoms with Gasteiger partial charge in [-0.1, -0.05) is 13.0 Å². The molecule has 3 nitrogen and oxygen atoms in total. The molecule has 102 valence electrons. The Morgan fingerprint density at radius 1 is 1.42 bits per heavy atom. The van der Waals surface area contributed by atoms with Crippen molar-refractivity contribution in [1.29, 1.82) is 0 Å². The van der Waals surface area contributed by atoms with Crippen LogP contribution in [0.1, 0.15) is 23.2 Å². The van der Waals surface area contributed by atoms with Crippen LogP contribution in [-0.4, -0.2) is 11.5 Å². The maximum absolute atomic E-state index is 5.77. The Bertz CT molecular complexity index is 542. The minimum Gasteiger partial charge on any atom is -0.486 e. The van der Waals surface area contributed by atoms with Gasteiger partial charge in [-0.25, -0.2) is 4.98 Å². The molecule has 0 saturated carbocycles. The van der Waals surface area contributed by atoms with Crippen molar-refractivity contribution in [3.63, 3.8) is 0 Å². The zero-order valence-electron chi connectivity index (χ0n) is 11.1. The smallest absolute Gasteiger partial charge is 0.134 e. The summed E-state index contributed by atoms with van der Waals surface area (Å²) in [6, 6.07) is 6.16. The van der Waals surface area contributed by atoms with E-state index in [9.17, 15) is 0 Å². The number of thiazole rings is 1. The molecule has 0 radical (unpaired) electrons. The van der Waals surface area contributed by atoms with Gasteiger partial charge in [0.15, 0.2) is 0 Å². The fourth-order valence-corrected chi connectivity index (χ4v) is 2.80. The summed E-state index contributed by atoms with van der Waals surface area (Å²) in [6.45, 7) is 6.46. The molecule has 0 saturated heterocycles. The lowest BCUT2D eigenvalue weighted by atomic mass is 10.2. The summed E-state index contributed by atoms with van der Waals surface area (Å²) >= 11 is 5.19. The Morgan fingerprint density at radius 2 is 2.26 bits per heavy atom. The van der Waals surface area contributed by atoms with E-state index in [2.05, 4.69) is 45.3 Å². The summed E-state index contributed by atoms with van der Waals surface area (Å²) in [5, 5.41) is 6.40. The number of benzene rings is 1. The Morgan fingerprint density at radius 3 is 2.89 bits per heavy atom. The molecule has 0 aliphatic rings. The molecule has 0 atom stereocenters. The van der Waals surface area contributed by atoms with Gasteiger partial charge in [0.05, 0.1) is 15.2 Å². The van der Waals surface area contributed by atoms with Crippen molar-refractivity contribution >= 4 is 27.3 Å². The summed E-state index contributed by atoms with van der Waals surface area (Å²) in [7, 11) is 0. The molecule has 0 aliphatic heterocycles. The van der Waals surface area contributed by atoms with E-state index in [0.717, 1.165) is 34.0 Å². The number of hydrogen-bond donors (Lipinski definition) is 1. The number of halogens is 1. The summed E-state index contributed by atoms with van der Waals surface area (Å²) in [6.07, 6.45) is 0. The fraction of sp³-hybridized carbons (Fsp3) is 0.357. The van der Waals surface area contributed by atoms with E-state index in [1.54, 1.807) is 11.3 Å². The van der Waals surface area contributed by atoms with Gasteiger partial charge in [-0.3, -0.25) is 0 Å². The van der Waals surface area contributed by atoms with Gasteiger partial charge in [-0.15, -0.1) is 11.3 Å². The van der Waals surface area contributed by atoms with Crippen LogP contribution in [0.25, 0.3) is 0 Å². The van der Waals surface area contributed by atoms with E-state index in [1.807, 2.05) is 18.4 Å². The van der Waals surface area contributed by atoms with Crippen LogP contribution in [0.5, 0.6) is 5.75 Å². The first kappa shape index (κ1) is 14.5. The third-order valence-corrected chi connectivity index (χ3v) is 4.06. The molecule has 1 N–H and O–H groups in total. The lowest BCUT2D eigenvalue weighted by Crippen LogP contribution is -2.11. The lowest BCUT2D eigenvalue weighted by molar-refractivity contribution is 0.300. The van der Waals surface area contributed by atoms with Crippen LogP contribution in [0.3, 0.4) is 0 Å². The lowest BCUT2D eigenvalue weighted by Gasteiger charge is -2.09. The van der Waals surface area contributed by atoms with Crippen LogP contribution < -0.4 is 10.1 Å². The largest absolute Gasteiger partial charge is 0.486 e. The molecule has 5 heteroatoms. The van der Waals surface area contributed by atoms with Crippen LogP contribution in [0, 0.1) is 6.92 Å². The van der Waals surface area contributed by atoms with Crippen molar-refractivity contribution in [2.75, 3.05) is 6.54 Å². The first-order valence-electron chi connectivity index (χ1n) is 6.22. The number of nitrogens with zero attached hydrogens (tertiary/aromatic N) is 1.